The molecular weight excluding hydrogens is 312 g/mol. The smallest absolute Gasteiger partial charge is 0.220 e. The maximum atomic E-state index is 12.0. The summed E-state index contributed by atoms with van der Waals surface area (Å²) in [4.78, 5) is 12.0. The number of amides is 1. The lowest BCUT2D eigenvalue weighted by Crippen LogP contribution is -2.24. The van der Waals surface area contributed by atoms with Gasteiger partial charge in [-0.25, -0.2) is 0 Å². The van der Waals surface area contributed by atoms with Gasteiger partial charge in [0.25, 0.3) is 0 Å². The lowest BCUT2D eigenvalue weighted by atomic mass is 10.0. The van der Waals surface area contributed by atoms with E-state index in [1.54, 1.807) is 0 Å². The molecule has 1 fully saturated rings. The zero-order chi connectivity index (χ0) is 15.9. The van der Waals surface area contributed by atoms with E-state index in [1.807, 2.05) is 32.9 Å². The van der Waals surface area contributed by atoms with Gasteiger partial charge in [-0.2, -0.15) is 0 Å². The zero-order valence-electron chi connectivity index (χ0n) is 14.4. The lowest BCUT2D eigenvalue weighted by Gasteiger charge is -2.16. The number of hydrogen-bond donors (Lipinski definition) is 2. The Balaban J connectivity index is 0.00000264. The Labute approximate surface area is 145 Å². The summed E-state index contributed by atoms with van der Waals surface area (Å²) < 4.78 is 5.84. The Kier molecular flexibility index (Phi) is 8.42. The Bertz CT molecular complexity index is 500. The first-order valence-corrected chi connectivity index (χ1v) is 8.28. The topological polar surface area (TPSA) is 50.4 Å². The number of rotatable bonds is 7. The molecule has 1 aromatic carbocycles. The minimum Gasteiger partial charge on any atom is -0.491 e. The number of benzene rings is 1. The normalized spacial score (nSPS) is 17.0. The molecule has 0 radical (unpaired) electrons. The van der Waals surface area contributed by atoms with E-state index >= 15 is 0 Å². The van der Waals surface area contributed by atoms with Gasteiger partial charge in [-0.1, -0.05) is 12.1 Å². The third-order valence-corrected chi connectivity index (χ3v) is 4.00. The summed E-state index contributed by atoms with van der Waals surface area (Å²) in [5, 5.41) is 6.35. The van der Waals surface area contributed by atoms with Crippen LogP contribution in [-0.4, -0.2) is 25.1 Å². The van der Waals surface area contributed by atoms with Crippen LogP contribution >= 0.6 is 12.4 Å². The van der Waals surface area contributed by atoms with Crippen molar-refractivity contribution in [3.8, 4) is 5.75 Å². The molecule has 0 bridgehead atoms. The molecule has 2 N–H and O–H groups in total. The van der Waals surface area contributed by atoms with Gasteiger partial charge in [0.1, 0.15) is 5.75 Å². The van der Waals surface area contributed by atoms with Gasteiger partial charge in [0, 0.05) is 18.5 Å². The Hall–Kier alpha value is -1.26. The van der Waals surface area contributed by atoms with E-state index < -0.39 is 0 Å². The Morgan fingerprint density at radius 3 is 2.87 bits per heavy atom. The van der Waals surface area contributed by atoms with Gasteiger partial charge < -0.3 is 15.4 Å². The van der Waals surface area contributed by atoms with E-state index in [9.17, 15) is 4.79 Å². The molecule has 1 aliphatic heterocycles. The molecule has 1 heterocycles. The number of aryl methyl sites for hydroxylation is 1. The van der Waals surface area contributed by atoms with Crippen LogP contribution in [0.4, 0.5) is 0 Å². The van der Waals surface area contributed by atoms with Gasteiger partial charge in [0.05, 0.1) is 6.10 Å². The van der Waals surface area contributed by atoms with Gasteiger partial charge in [-0.3, -0.25) is 4.79 Å². The van der Waals surface area contributed by atoms with Crippen molar-refractivity contribution in [2.24, 2.45) is 5.92 Å². The molecule has 1 amide bonds. The van der Waals surface area contributed by atoms with Crippen LogP contribution in [0.5, 0.6) is 5.75 Å². The minimum atomic E-state index is 0. The SMILES string of the molecule is Cc1ccc(CNC(=O)CCC2CCNC2)c(OC(C)C)c1.Cl. The van der Waals surface area contributed by atoms with E-state index in [-0.39, 0.29) is 24.4 Å². The molecule has 0 aliphatic carbocycles. The average molecular weight is 341 g/mol. The molecule has 1 aromatic rings. The molecule has 23 heavy (non-hydrogen) atoms. The number of carbonyl (C=O) groups excluding carboxylic acids is 1. The van der Waals surface area contributed by atoms with Gasteiger partial charge in [-0.05, 0) is 64.3 Å². The summed E-state index contributed by atoms with van der Waals surface area (Å²) in [7, 11) is 0. The molecule has 1 atom stereocenters. The van der Waals surface area contributed by atoms with Crippen molar-refractivity contribution in [3.63, 3.8) is 0 Å². The number of ether oxygens (including phenoxy) is 1. The van der Waals surface area contributed by atoms with Gasteiger partial charge in [0.2, 0.25) is 5.91 Å². The first-order chi connectivity index (χ1) is 10.5. The van der Waals surface area contributed by atoms with Crippen LogP contribution in [0.1, 0.15) is 44.2 Å². The molecule has 0 spiro atoms. The predicted molar refractivity (Wildman–Crippen MR) is 96.2 cm³/mol. The number of nitrogens with one attached hydrogen (secondary N) is 2. The molecule has 4 nitrogen and oxygen atoms in total. The lowest BCUT2D eigenvalue weighted by molar-refractivity contribution is -0.121. The highest BCUT2D eigenvalue weighted by Crippen LogP contribution is 2.21. The van der Waals surface area contributed by atoms with Crippen LogP contribution in [-0.2, 0) is 11.3 Å². The Morgan fingerprint density at radius 2 is 2.22 bits per heavy atom. The summed E-state index contributed by atoms with van der Waals surface area (Å²) in [6, 6.07) is 6.12. The maximum absolute atomic E-state index is 12.0. The van der Waals surface area contributed by atoms with E-state index in [0.29, 0.717) is 18.9 Å². The summed E-state index contributed by atoms with van der Waals surface area (Å²) in [5.41, 5.74) is 2.20. The van der Waals surface area contributed by atoms with Crippen LogP contribution in [0.15, 0.2) is 18.2 Å². The van der Waals surface area contributed by atoms with E-state index in [1.165, 1.54) is 12.0 Å². The van der Waals surface area contributed by atoms with E-state index in [4.69, 9.17) is 4.74 Å². The zero-order valence-corrected chi connectivity index (χ0v) is 15.2. The Morgan fingerprint density at radius 1 is 1.43 bits per heavy atom. The van der Waals surface area contributed by atoms with Crippen molar-refractivity contribution < 1.29 is 9.53 Å². The molecule has 0 aromatic heterocycles. The number of carbonyl (C=O) groups is 1. The fourth-order valence-electron chi connectivity index (χ4n) is 2.75. The third-order valence-electron chi connectivity index (χ3n) is 4.00. The van der Waals surface area contributed by atoms with Crippen molar-refractivity contribution in [1.82, 2.24) is 10.6 Å². The fourth-order valence-corrected chi connectivity index (χ4v) is 2.75. The molecule has 5 heteroatoms. The molecule has 130 valence electrons. The summed E-state index contributed by atoms with van der Waals surface area (Å²) in [6.07, 6.45) is 2.91. The van der Waals surface area contributed by atoms with Crippen LogP contribution < -0.4 is 15.4 Å². The summed E-state index contributed by atoms with van der Waals surface area (Å²) >= 11 is 0. The highest BCUT2D eigenvalue weighted by Gasteiger charge is 2.15. The van der Waals surface area contributed by atoms with Crippen molar-refractivity contribution in [1.29, 1.82) is 0 Å². The van der Waals surface area contributed by atoms with Crippen molar-refractivity contribution in [2.45, 2.75) is 52.7 Å². The second kappa shape index (κ2) is 9.78. The van der Waals surface area contributed by atoms with E-state index in [2.05, 4.69) is 16.7 Å². The monoisotopic (exact) mass is 340 g/mol. The second-order valence-corrected chi connectivity index (χ2v) is 6.45. The first-order valence-electron chi connectivity index (χ1n) is 8.28. The molecule has 1 saturated heterocycles. The van der Waals surface area contributed by atoms with Crippen molar-refractivity contribution >= 4 is 18.3 Å². The number of halogens is 1. The summed E-state index contributed by atoms with van der Waals surface area (Å²) in [6.45, 7) is 8.75. The molecular formula is C18H29ClN2O2. The molecule has 2 rings (SSSR count). The number of hydrogen-bond acceptors (Lipinski definition) is 3. The minimum absolute atomic E-state index is 0. The largest absolute Gasteiger partial charge is 0.491 e. The summed E-state index contributed by atoms with van der Waals surface area (Å²) in [5.74, 6) is 1.66. The highest BCUT2D eigenvalue weighted by atomic mass is 35.5. The highest BCUT2D eigenvalue weighted by molar-refractivity contribution is 5.85. The maximum Gasteiger partial charge on any atom is 0.220 e. The average Bonchev–Trinajstić information content (AvgIpc) is 2.97. The van der Waals surface area contributed by atoms with Crippen LogP contribution in [0, 0.1) is 12.8 Å². The molecule has 1 unspecified atom stereocenters. The second-order valence-electron chi connectivity index (χ2n) is 6.45. The van der Waals surface area contributed by atoms with Crippen LogP contribution in [0.25, 0.3) is 0 Å². The predicted octanol–water partition coefficient (Wildman–Crippen LogP) is 3.21. The fraction of sp³-hybridized carbons (Fsp3) is 0.611. The third kappa shape index (κ3) is 6.80. The van der Waals surface area contributed by atoms with E-state index in [0.717, 1.165) is 30.8 Å². The van der Waals surface area contributed by atoms with Gasteiger partial charge >= 0.3 is 0 Å². The first kappa shape index (κ1) is 19.8. The quantitative estimate of drug-likeness (QED) is 0.801. The van der Waals surface area contributed by atoms with Gasteiger partial charge in [0.15, 0.2) is 0 Å². The van der Waals surface area contributed by atoms with Crippen LogP contribution in [0.3, 0.4) is 0 Å². The van der Waals surface area contributed by atoms with Crippen molar-refractivity contribution in [2.75, 3.05) is 13.1 Å². The molecule has 1 aliphatic rings. The van der Waals surface area contributed by atoms with Crippen LogP contribution in [0.2, 0.25) is 0 Å². The standard InChI is InChI=1S/C18H28N2O2.ClH/c1-13(2)22-17-10-14(3)4-6-16(17)12-20-18(21)7-5-15-8-9-19-11-15;/h4,6,10,13,15,19H,5,7-9,11-12H2,1-3H3,(H,20,21);1H. The van der Waals surface area contributed by atoms with Crippen molar-refractivity contribution in [3.05, 3.63) is 29.3 Å². The molecule has 0 saturated carbocycles. The van der Waals surface area contributed by atoms with Gasteiger partial charge in [-0.15, -0.1) is 12.4 Å².